The molecule has 0 atom stereocenters. The van der Waals surface area contributed by atoms with E-state index in [0.717, 1.165) is 17.8 Å². The third-order valence-electron chi connectivity index (χ3n) is 5.29. The lowest BCUT2D eigenvalue weighted by Crippen LogP contribution is -2.27. The van der Waals surface area contributed by atoms with E-state index in [4.69, 9.17) is 0 Å². The number of benzene rings is 2. The highest BCUT2D eigenvalue weighted by atomic mass is 16.3. The van der Waals surface area contributed by atoms with Crippen LogP contribution in [-0.4, -0.2) is 47.8 Å². The van der Waals surface area contributed by atoms with Gasteiger partial charge in [0, 0.05) is 36.8 Å². The van der Waals surface area contributed by atoms with E-state index in [2.05, 4.69) is 15.1 Å². The minimum Gasteiger partial charge on any atom is -0.508 e. The summed E-state index contributed by atoms with van der Waals surface area (Å²) in [6.45, 7) is 5.10. The Morgan fingerprint density at radius 3 is 2.61 bits per heavy atom. The number of aromatic nitrogens is 4. The van der Waals surface area contributed by atoms with Gasteiger partial charge in [-0.15, -0.1) is 0 Å². The van der Waals surface area contributed by atoms with Crippen LogP contribution < -0.4 is 0 Å². The summed E-state index contributed by atoms with van der Waals surface area (Å²) in [6.07, 6.45) is 1.76. The second-order valence-electron chi connectivity index (χ2n) is 7.35. The van der Waals surface area contributed by atoms with E-state index < -0.39 is 0 Å². The van der Waals surface area contributed by atoms with Crippen LogP contribution in [0.4, 0.5) is 0 Å². The van der Waals surface area contributed by atoms with Crippen LogP contribution in [0.15, 0.2) is 48.7 Å². The largest absolute Gasteiger partial charge is 0.508 e. The van der Waals surface area contributed by atoms with Crippen molar-refractivity contribution >= 4 is 16.8 Å². The van der Waals surface area contributed by atoms with Gasteiger partial charge < -0.3 is 15.1 Å². The molecule has 0 aliphatic heterocycles. The first-order valence-electron chi connectivity index (χ1n) is 9.95. The number of phenolic OH excluding ortho intramolecular Hbond substituents is 2. The highest BCUT2D eigenvalue weighted by Gasteiger charge is 2.22. The normalized spacial score (nSPS) is 11.1. The molecular weight excluding hydrogens is 394 g/mol. The predicted octanol–water partition coefficient (Wildman–Crippen LogP) is 3.51. The number of carbonyl (C=O) groups is 1. The Bertz CT molecular complexity index is 1280. The Balaban J connectivity index is 1.79. The maximum Gasteiger partial charge on any atom is 0.273 e. The van der Waals surface area contributed by atoms with Crippen molar-refractivity contribution in [2.75, 3.05) is 7.05 Å². The van der Waals surface area contributed by atoms with Gasteiger partial charge in [-0.1, -0.05) is 12.1 Å². The minimum absolute atomic E-state index is 0.0168. The second-order valence-corrected chi connectivity index (χ2v) is 7.35. The molecule has 0 aliphatic carbocycles. The lowest BCUT2D eigenvalue weighted by Gasteiger charge is -2.18. The molecule has 0 unspecified atom stereocenters. The van der Waals surface area contributed by atoms with Gasteiger partial charge in [0.1, 0.15) is 17.2 Å². The standard InChI is InChI=1S/C23H23N5O3/c1-4-28-14(2)15(12-24-28)13-27(3)23(31)21-18-11-16(29)9-10-19(18)25-22(26-21)17-7-5-6-8-20(17)30/h5-12,29-30H,4,13H2,1-3H3. The van der Waals surface area contributed by atoms with E-state index in [1.54, 1.807) is 48.5 Å². The molecule has 4 aromatic rings. The maximum atomic E-state index is 13.4. The van der Waals surface area contributed by atoms with Gasteiger partial charge in [0.25, 0.3) is 5.91 Å². The van der Waals surface area contributed by atoms with Crippen LogP contribution in [0.5, 0.6) is 11.5 Å². The summed E-state index contributed by atoms with van der Waals surface area (Å²) in [7, 11) is 1.70. The quantitative estimate of drug-likeness (QED) is 0.515. The predicted molar refractivity (Wildman–Crippen MR) is 117 cm³/mol. The fourth-order valence-electron chi connectivity index (χ4n) is 3.53. The van der Waals surface area contributed by atoms with Crippen molar-refractivity contribution in [3.8, 4) is 22.9 Å². The van der Waals surface area contributed by atoms with Crippen LogP contribution in [-0.2, 0) is 13.1 Å². The summed E-state index contributed by atoms with van der Waals surface area (Å²) >= 11 is 0. The number of phenols is 2. The van der Waals surface area contributed by atoms with Crippen LogP contribution in [0.25, 0.3) is 22.3 Å². The van der Waals surface area contributed by atoms with Crippen LogP contribution >= 0.6 is 0 Å². The number of nitrogens with zero attached hydrogens (tertiary/aromatic N) is 5. The molecule has 0 aliphatic rings. The molecule has 1 amide bonds. The number of aryl methyl sites for hydroxylation is 1. The number of fused-ring (bicyclic) bond motifs is 1. The molecule has 0 spiro atoms. The van der Waals surface area contributed by atoms with Gasteiger partial charge in [-0.2, -0.15) is 5.10 Å². The smallest absolute Gasteiger partial charge is 0.273 e. The molecule has 2 N–H and O–H groups in total. The molecule has 2 heterocycles. The third-order valence-corrected chi connectivity index (χ3v) is 5.29. The van der Waals surface area contributed by atoms with Crippen molar-refractivity contribution in [3.05, 3.63) is 65.6 Å². The number of aromatic hydroxyl groups is 2. The molecule has 0 radical (unpaired) electrons. The van der Waals surface area contributed by atoms with Crippen LogP contribution in [0.3, 0.4) is 0 Å². The summed E-state index contributed by atoms with van der Waals surface area (Å²) in [6, 6.07) is 11.3. The molecule has 0 bridgehead atoms. The molecule has 31 heavy (non-hydrogen) atoms. The number of amides is 1. The molecular formula is C23H23N5O3. The minimum atomic E-state index is -0.321. The number of hydrogen-bond donors (Lipinski definition) is 2. The topological polar surface area (TPSA) is 104 Å². The van der Waals surface area contributed by atoms with Gasteiger partial charge in [0.2, 0.25) is 0 Å². The first-order chi connectivity index (χ1) is 14.9. The van der Waals surface area contributed by atoms with Crippen molar-refractivity contribution in [2.45, 2.75) is 26.9 Å². The second kappa shape index (κ2) is 8.06. The van der Waals surface area contributed by atoms with Gasteiger partial charge in [-0.25, -0.2) is 9.97 Å². The number of carbonyl (C=O) groups excluding carboxylic acids is 1. The lowest BCUT2D eigenvalue weighted by molar-refractivity contribution is 0.0781. The highest BCUT2D eigenvalue weighted by Crippen LogP contribution is 2.30. The maximum absolute atomic E-state index is 13.4. The third kappa shape index (κ3) is 3.79. The average Bonchev–Trinajstić information content (AvgIpc) is 3.12. The summed E-state index contributed by atoms with van der Waals surface area (Å²) < 4.78 is 1.88. The van der Waals surface area contributed by atoms with Crippen LogP contribution in [0.2, 0.25) is 0 Å². The summed E-state index contributed by atoms with van der Waals surface area (Å²) in [4.78, 5) is 23.9. The number of rotatable bonds is 5. The van der Waals surface area contributed by atoms with Crippen molar-refractivity contribution in [1.82, 2.24) is 24.6 Å². The van der Waals surface area contributed by atoms with Crippen molar-refractivity contribution in [2.24, 2.45) is 0 Å². The lowest BCUT2D eigenvalue weighted by atomic mass is 10.1. The Labute approximate surface area is 179 Å². The Kier molecular flexibility index (Phi) is 5.29. The summed E-state index contributed by atoms with van der Waals surface area (Å²) in [5.74, 6) is -0.0421. The molecule has 2 aromatic heterocycles. The van der Waals surface area contributed by atoms with E-state index in [1.807, 2.05) is 18.5 Å². The van der Waals surface area contributed by atoms with E-state index in [9.17, 15) is 15.0 Å². The SMILES string of the molecule is CCn1ncc(CN(C)C(=O)c2nc(-c3ccccc3O)nc3ccc(O)cc23)c1C. The number of hydrogen-bond acceptors (Lipinski definition) is 6. The van der Waals surface area contributed by atoms with E-state index >= 15 is 0 Å². The summed E-state index contributed by atoms with van der Waals surface area (Å²) in [5, 5.41) is 25.0. The number of para-hydroxylation sites is 1. The van der Waals surface area contributed by atoms with Crippen molar-refractivity contribution < 1.29 is 15.0 Å². The van der Waals surface area contributed by atoms with Crippen molar-refractivity contribution in [1.29, 1.82) is 0 Å². The monoisotopic (exact) mass is 417 g/mol. The molecule has 4 rings (SSSR count). The highest BCUT2D eigenvalue weighted by molar-refractivity contribution is 6.05. The zero-order valence-corrected chi connectivity index (χ0v) is 17.6. The Hall–Kier alpha value is -3.94. The summed E-state index contributed by atoms with van der Waals surface area (Å²) in [5.41, 5.74) is 3.02. The molecule has 0 saturated carbocycles. The zero-order chi connectivity index (χ0) is 22.1. The Morgan fingerprint density at radius 1 is 1.13 bits per heavy atom. The first-order valence-corrected chi connectivity index (χ1v) is 9.95. The van der Waals surface area contributed by atoms with Crippen LogP contribution in [0.1, 0.15) is 28.7 Å². The zero-order valence-electron chi connectivity index (χ0n) is 17.6. The van der Waals surface area contributed by atoms with Crippen molar-refractivity contribution in [3.63, 3.8) is 0 Å². The molecule has 2 aromatic carbocycles. The van der Waals surface area contributed by atoms with Gasteiger partial charge in [-0.3, -0.25) is 9.48 Å². The molecule has 8 nitrogen and oxygen atoms in total. The van der Waals surface area contributed by atoms with Gasteiger partial charge in [-0.05, 0) is 44.2 Å². The molecule has 158 valence electrons. The molecule has 8 heteroatoms. The van der Waals surface area contributed by atoms with Gasteiger partial charge >= 0.3 is 0 Å². The van der Waals surface area contributed by atoms with E-state index in [0.29, 0.717) is 23.0 Å². The fourth-order valence-corrected chi connectivity index (χ4v) is 3.53. The first kappa shape index (κ1) is 20.3. The van der Waals surface area contributed by atoms with E-state index in [1.165, 1.54) is 12.1 Å². The molecule has 0 saturated heterocycles. The Morgan fingerprint density at radius 2 is 1.90 bits per heavy atom. The molecule has 0 fully saturated rings. The average molecular weight is 417 g/mol. The fraction of sp³-hybridized carbons (Fsp3) is 0.217. The van der Waals surface area contributed by atoms with Gasteiger partial charge in [0.05, 0.1) is 17.3 Å². The van der Waals surface area contributed by atoms with Crippen LogP contribution in [0, 0.1) is 6.92 Å². The van der Waals surface area contributed by atoms with E-state index in [-0.39, 0.29) is 28.9 Å². The van der Waals surface area contributed by atoms with Gasteiger partial charge in [0.15, 0.2) is 5.82 Å².